The molecule has 0 spiro atoms. The molecule has 1 amide bonds. The molecule has 0 aliphatic carbocycles. The Hall–Kier alpha value is -2.95. The molecule has 138 valence electrons. The molecular weight excluding hydrogens is 336 g/mol. The second-order valence-corrected chi connectivity index (χ2v) is 7.19. The largest absolute Gasteiger partial charge is 0.337 e. The number of nitrogens with one attached hydrogen (secondary N) is 1. The van der Waals surface area contributed by atoms with Crippen molar-refractivity contribution in [3.05, 3.63) is 72.2 Å². The molecule has 3 aromatic rings. The van der Waals surface area contributed by atoms with Crippen molar-refractivity contribution in [3.63, 3.8) is 0 Å². The van der Waals surface area contributed by atoms with E-state index in [4.69, 9.17) is 0 Å². The fourth-order valence-electron chi connectivity index (χ4n) is 3.77. The fraction of sp³-hybridized carbons (Fsp3) is 0.318. The molecule has 0 radical (unpaired) electrons. The normalized spacial score (nSPS) is 17.0. The van der Waals surface area contributed by atoms with Crippen LogP contribution >= 0.6 is 0 Å². The van der Waals surface area contributed by atoms with E-state index in [1.54, 1.807) is 12.4 Å². The smallest absolute Gasteiger partial charge is 0.271 e. The van der Waals surface area contributed by atoms with Crippen LogP contribution in [0.3, 0.4) is 0 Å². The number of hydrogen-bond acceptors (Lipinski definition) is 3. The zero-order valence-corrected chi connectivity index (χ0v) is 15.3. The van der Waals surface area contributed by atoms with Gasteiger partial charge in [0.05, 0.1) is 5.69 Å². The van der Waals surface area contributed by atoms with Crippen molar-refractivity contribution in [2.24, 2.45) is 5.92 Å². The van der Waals surface area contributed by atoms with Crippen molar-refractivity contribution in [1.82, 2.24) is 20.1 Å². The summed E-state index contributed by atoms with van der Waals surface area (Å²) in [5, 5.41) is 7.21. The molecule has 1 aliphatic rings. The molecule has 5 nitrogen and oxygen atoms in total. The molecule has 0 unspecified atom stereocenters. The molecule has 0 bridgehead atoms. The van der Waals surface area contributed by atoms with Gasteiger partial charge in [0.1, 0.15) is 5.69 Å². The van der Waals surface area contributed by atoms with Gasteiger partial charge in [0, 0.05) is 31.0 Å². The minimum atomic E-state index is 0.0483. The third-order valence-corrected chi connectivity index (χ3v) is 5.27. The first kappa shape index (κ1) is 17.5. The molecule has 1 aliphatic heterocycles. The Bertz CT molecular complexity index is 876. The summed E-state index contributed by atoms with van der Waals surface area (Å²) in [5.74, 6) is 0.609. The van der Waals surface area contributed by atoms with Crippen LogP contribution in [-0.4, -0.2) is 39.1 Å². The number of carbonyl (C=O) groups is 1. The maximum absolute atomic E-state index is 12.9. The number of piperidine rings is 1. The van der Waals surface area contributed by atoms with E-state index in [1.807, 2.05) is 23.1 Å². The van der Waals surface area contributed by atoms with Crippen LogP contribution in [0.4, 0.5) is 0 Å². The standard InChI is InChI=1S/C22H24N4O/c27-22(21-15-20(24-25-21)19-10-12-23-13-11-19)26-14-4-7-18(16-26)9-8-17-5-2-1-3-6-17/h1-3,5-6,10-13,15,18H,4,7-9,14,16H2,(H,24,25)/t18-/m1/s1. The lowest BCUT2D eigenvalue weighted by molar-refractivity contribution is 0.0662. The number of aromatic amines is 1. The number of aromatic nitrogens is 3. The van der Waals surface area contributed by atoms with Crippen LogP contribution in [0.25, 0.3) is 11.3 Å². The lowest BCUT2D eigenvalue weighted by Crippen LogP contribution is -2.40. The van der Waals surface area contributed by atoms with Crippen LogP contribution in [0.2, 0.25) is 0 Å². The predicted octanol–water partition coefficient (Wildman–Crippen LogP) is 3.96. The van der Waals surface area contributed by atoms with Crippen molar-refractivity contribution in [2.45, 2.75) is 25.7 Å². The summed E-state index contributed by atoms with van der Waals surface area (Å²) in [4.78, 5) is 18.9. The second kappa shape index (κ2) is 8.16. The summed E-state index contributed by atoms with van der Waals surface area (Å²) in [7, 11) is 0. The monoisotopic (exact) mass is 360 g/mol. The van der Waals surface area contributed by atoms with E-state index < -0.39 is 0 Å². The van der Waals surface area contributed by atoms with E-state index in [0.29, 0.717) is 11.6 Å². The summed E-state index contributed by atoms with van der Waals surface area (Å²) >= 11 is 0. The molecule has 2 aromatic heterocycles. The lowest BCUT2D eigenvalue weighted by atomic mass is 9.91. The van der Waals surface area contributed by atoms with Gasteiger partial charge >= 0.3 is 0 Å². The first-order chi connectivity index (χ1) is 13.3. The van der Waals surface area contributed by atoms with Gasteiger partial charge in [0.25, 0.3) is 5.91 Å². The Morgan fingerprint density at radius 2 is 1.96 bits per heavy atom. The quantitative estimate of drug-likeness (QED) is 0.749. The van der Waals surface area contributed by atoms with Crippen molar-refractivity contribution in [3.8, 4) is 11.3 Å². The van der Waals surface area contributed by atoms with Gasteiger partial charge in [-0.25, -0.2) is 0 Å². The Morgan fingerprint density at radius 1 is 1.15 bits per heavy atom. The third kappa shape index (κ3) is 4.25. The van der Waals surface area contributed by atoms with E-state index in [9.17, 15) is 4.79 Å². The molecule has 4 rings (SSSR count). The number of rotatable bonds is 5. The number of nitrogens with zero attached hydrogens (tertiary/aromatic N) is 3. The van der Waals surface area contributed by atoms with Gasteiger partial charge in [-0.1, -0.05) is 30.3 Å². The molecule has 0 saturated carbocycles. The van der Waals surface area contributed by atoms with Crippen molar-refractivity contribution < 1.29 is 4.79 Å². The van der Waals surface area contributed by atoms with Crippen LogP contribution in [-0.2, 0) is 6.42 Å². The molecule has 1 saturated heterocycles. The van der Waals surface area contributed by atoms with Crippen molar-refractivity contribution in [1.29, 1.82) is 0 Å². The van der Waals surface area contributed by atoms with Crippen LogP contribution in [0.5, 0.6) is 0 Å². The van der Waals surface area contributed by atoms with Gasteiger partial charge in [0.2, 0.25) is 0 Å². The highest BCUT2D eigenvalue weighted by Gasteiger charge is 2.25. The third-order valence-electron chi connectivity index (χ3n) is 5.27. The summed E-state index contributed by atoms with van der Waals surface area (Å²) in [5.41, 5.74) is 3.67. The number of aryl methyl sites for hydroxylation is 1. The number of benzene rings is 1. The highest BCUT2D eigenvalue weighted by Crippen LogP contribution is 2.24. The zero-order chi connectivity index (χ0) is 18.5. The SMILES string of the molecule is O=C(c1cc(-c2ccncc2)n[nH]1)N1CCC[C@H](CCc2ccccc2)C1. The van der Waals surface area contributed by atoms with Gasteiger partial charge < -0.3 is 4.90 Å². The van der Waals surface area contributed by atoms with Gasteiger partial charge in [0.15, 0.2) is 0 Å². The Balaban J connectivity index is 1.38. The molecule has 1 aromatic carbocycles. The number of carbonyl (C=O) groups excluding carboxylic acids is 1. The average molecular weight is 360 g/mol. The van der Waals surface area contributed by atoms with Crippen LogP contribution in [0.15, 0.2) is 60.9 Å². The number of hydrogen-bond donors (Lipinski definition) is 1. The van der Waals surface area contributed by atoms with E-state index >= 15 is 0 Å². The van der Waals surface area contributed by atoms with E-state index in [1.165, 1.54) is 12.0 Å². The summed E-state index contributed by atoms with van der Waals surface area (Å²) in [6.07, 6.45) is 7.92. The van der Waals surface area contributed by atoms with E-state index in [-0.39, 0.29) is 5.91 Å². The van der Waals surface area contributed by atoms with E-state index in [2.05, 4.69) is 45.5 Å². The van der Waals surface area contributed by atoms with Crippen LogP contribution in [0.1, 0.15) is 35.3 Å². The van der Waals surface area contributed by atoms with Gasteiger partial charge in [-0.2, -0.15) is 5.10 Å². The van der Waals surface area contributed by atoms with E-state index in [0.717, 1.165) is 43.6 Å². The summed E-state index contributed by atoms with van der Waals surface area (Å²) in [6, 6.07) is 16.2. The number of amides is 1. The van der Waals surface area contributed by atoms with Crippen molar-refractivity contribution in [2.75, 3.05) is 13.1 Å². The summed E-state index contributed by atoms with van der Waals surface area (Å²) in [6.45, 7) is 1.65. The van der Waals surface area contributed by atoms with Gasteiger partial charge in [-0.05, 0) is 55.4 Å². The average Bonchev–Trinajstić information content (AvgIpc) is 3.24. The first-order valence-corrected chi connectivity index (χ1v) is 9.58. The molecule has 5 heteroatoms. The predicted molar refractivity (Wildman–Crippen MR) is 105 cm³/mol. The highest BCUT2D eigenvalue weighted by atomic mass is 16.2. The number of pyridine rings is 1. The first-order valence-electron chi connectivity index (χ1n) is 9.58. The Morgan fingerprint density at radius 3 is 2.78 bits per heavy atom. The summed E-state index contributed by atoms with van der Waals surface area (Å²) < 4.78 is 0. The Kier molecular flexibility index (Phi) is 5.28. The molecule has 27 heavy (non-hydrogen) atoms. The molecule has 3 heterocycles. The van der Waals surface area contributed by atoms with Crippen molar-refractivity contribution >= 4 is 5.91 Å². The van der Waals surface area contributed by atoms with Gasteiger partial charge in [-0.15, -0.1) is 0 Å². The zero-order valence-electron chi connectivity index (χ0n) is 15.3. The maximum Gasteiger partial charge on any atom is 0.271 e. The van der Waals surface area contributed by atoms with Crippen LogP contribution < -0.4 is 0 Å². The van der Waals surface area contributed by atoms with Gasteiger partial charge in [-0.3, -0.25) is 14.9 Å². The molecular formula is C22H24N4O. The molecule has 1 atom stereocenters. The highest BCUT2D eigenvalue weighted by molar-refractivity contribution is 5.93. The molecule has 1 fully saturated rings. The molecule has 1 N–H and O–H groups in total. The maximum atomic E-state index is 12.9. The Labute approximate surface area is 159 Å². The lowest BCUT2D eigenvalue weighted by Gasteiger charge is -2.32. The number of likely N-dealkylation sites (tertiary alicyclic amines) is 1. The fourth-order valence-corrected chi connectivity index (χ4v) is 3.77. The minimum absolute atomic E-state index is 0.0483. The topological polar surface area (TPSA) is 61.9 Å². The second-order valence-electron chi connectivity index (χ2n) is 7.19. The minimum Gasteiger partial charge on any atom is -0.337 e. The van der Waals surface area contributed by atoms with Crippen LogP contribution in [0, 0.1) is 5.92 Å². The number of H-pyrrole nitrogens is 1.